The number of aromatic hydroxyl groups is 8. The number of rotatable bonds is 3. The fourth-order valence-electron chi connectivity index (χ4n) is 5.71. The van der Waals surface area contributed by atoms with E-state index >= 15 is 0 Å². The van der Waals surface area contributed by atoms with Crippen LogP contribution in [0.25, 0.3) is 0 Å². The molecule has 0 amide bonds. The molecular formula is C30H26O12. The Morgan fingerprint density at radius 1 is 0.548 bits per heavy atom. The Labute approximate surface area is 237 Å². The van der Waals surface area contributed by atoms with E-state index in [4.69, 9.17) is 9.47 Å². The maximum Gasteiger partial charge on any atom is 0.157 e. The highest BCUT2D eigenvalue weighted by molar-refractivity contribution is 5.65. The summed E-state index contributed by atoms with van der Waals surface area (Å²) in [5, 5.41) is 105. The van der Waals surface area contributed by atoms with Crippen LogP contribution in [-0.2, 0) is 6.42 Å². The van der Waals surface area contributed by atoms with Crippen LogP contribution in [0.2, 0.25) is 0 Å². The molecule has 5 atom stereocenters. The summed E-state index contributed by atoms with van der Waals surface area (Å²) >= 11 is 0. The van der Waals surface area contributed by atoms with E-state index in [1.165, 1.54) is 42.5 Å². The van der Waals surface area contributed by atoms with Crippen molar-refractivity contribution < 1.29 is 60.5 Å². The Morgan fingerprint density at radius 2 is 1.14 bits per heavy atom. The fourth-order valence-corrected chi connectivity index (χ4v) is 5.71. The molecule has 0 radical (unpaired) electrons. The van der Waals surface area contributed by atoms with Gasteiger partial charge in [0.2, 0.25) is 0 Å². The highest BCUT2D eigenvalue weighted by atomic mass is 16.5. The zero-order valence-electron chi connectivity index (χ0n) is 21.6. The van der Waals surface area contributed by atoms with E-state index in [-0.39, 0.29) is 51.5 Å². The number of hydrogen-bond donors (Lipinski definition) is 10. The molecule has 2 aliphatic heterocycles. The lowest BCUT2D eigenvalue weighted by Gasteiger charge is -2.40. The van der Waals surface area contributed by atoms with Crippen molar-refractivity contribution in [2.24, 2.45) is 0 Å². The molecule has 10 N–H and O–H groups in total. The molecule has 0 aromatic heterocycles. The maximum absolute atomic E-state index is 11.8. The zero-order valence-corrected chi connectivity index (χ0v) is 21.6. The van der Waals surface area contributed by atoms with Crippen molar-refractivity contribution in [3.05, 3.63) is 82.4 Å². The first-order valence-corrected chi connectivity index (χ1v) is 12.8. The van der Waals surface area contributed by atoms with E-state index in [0.717, 1.165) is 12.1 Å². The summed E-state index contributed by atoms with van der Waals surface area (Å²) < 4.78 is 12.1. The number of phenolic OH excluding ortho intramolecular Hbond substituents is 8. The van der Waals surface area contributed by atoms with Crippen molar-refractivity contribution in [2.75, 3.05) is 0 Å². The van der Waals surface area contributed by atoms with Gasteiger partial charge in [0.15, 0.2) is 29.1 Å². The molecule has 0 fully saturated rings. The van der Waals surface area contributed by atoms with Crippen molar-refractivity contribution in [1.82, 2.24) is 0 Å². The molecule has 218 valence electrons. The molecule has 0 spiro atoms. The van der Waals surface area contributed by atoms with Gasteiger partial charge in [-0.25, -0.2) is 0 Å². The number of ether oxygens (including phenoxy) is 2. The smallest absolute Gasteiger partial charge is 0.157 e. The monoisotopic (exact) mass is 578 g/mol. The van der Waals surface area contributed by atoms with Crippen LogP contribution in [-0.4, -0.2) is 63.3 Å². The lowest BCUT2D eigenvalue weighted by atomic mass is 9.77. The predicted octanol–water partition coefficient (Wildman–Crippen LogP) is 3.00. The normalized spacial score (nSPS) is 22.9. The molecule has 12 heteroatoms. The van der Waals surface area contributed by atoms with E-state index in [2.05, 4.69) is 0 Å². The van der Waals surface area contributed by atoms with Crippen LogP contribution in [0.5, 0.6) is 57.5 Å². The molecule has 42 heavy (non-hydrogen) atoms. The SMILES string of the molecule is Oc1cc(O)c2c(c1)O[C@H](c1ccc(O)c(O)c1)[C@H](O)C2c1c(O)cc(O)c2c1O[C@H](c1ccc(O)c(O)c1)[C@@H](O)C2. The Kier molecular flexibility index (Phi) is 6.24. The van der Waals surface area contributed by atoms with Gasteiger partial charge in [-0.15, -0.1) is 0 Å². The van der Waals surface area contributed by atoms with Gasteiger partial charge in [-0.1, -0.05) is 12.1 Å². The van der Waals surface area contributed by atoms with E-state index in [0.29, 0.717) is 0 Å². The van der Waals surface area contributed by atoms with E-state index in [1.807, 2.05) is 0 Å². The topological polar surface area (TPSA) is 221 Å². The highest BCUT2D eigenvalue weighted by Gasteiger charge is 2.46. The maximum atomic E-state index is 11.8. The van der Waals surface area contributed by atoms with Gasteiger partial charge in [-0.2, -0.15) is 0 Å². The van der Waals surface area contributed by atoms with Crippen molar-refractivity contribution in [3.63, 3.8) is 0 Å². The molecule has 4 aromatic rings. The van der Waals surface area contributed by atoms with E-state index < -0.39 is 70.6 Å². The molecular weight excluding hydrogens is 552 g/mol. The van der Waals surface area contributed by atoms with Gasteiger partial charge in [0.1, 0.15) is 46.7 Å². The Bertz CT molecular complexity index is 1720. The van der Waals surface area contributed by atoms with Gasteiger partial charge in [-0.3, -0.25) is 0 Å². The van der Waals surface area contributed by atoms with Crippen molar-refractivity contribution in [2.45, 2.75) is 36.8 Å². The summed E-state index contributed by atoms with van der Waals surface area (Å²) in [6.07, 6.45) is -5.43. The summed E-state index contributed by atoms with van der Waals surface area (Å²) in [6, 6.07) is 10.8. The molecule has 0 aliphatic carbocycles. The lowest BCUT2D eigenvalue weighted by Crippen LogP contribution is -2.36. The number of benzene rings is 4. The summed E-state index contributed by atoms with van der Waals surface area (Å²) in [5.41, 5.74) is 0.435. The Hall–Kier alpha value is -5.20. The molecule has 4 aromatic carbocycles. The number of hydrogen-bond acceptors (Lipinski definition) is 12. The highest BCUT2D eigenvalue weighted by Crippen LogP contribution is 2.57. The number of phenols is 8. The Balaban J connectivity index is 1.55. The molecule has 0 saturated heterocycles. The summed E-state index contributed by atoms with van der Waals surface area (Å²) in [4.78, 5) is 0. The van der Waals surface area contributed by atoms with Gasteiger partial charge in [0, 0.05) is 41.3 Å². The van der Waals surface area contributed by atoms with Gasteiger partial charge in [0.05, 0.1) is 12.0 Å². The average molecular weight is 579 g/mol. The largest absolute Gasteiger partial charge is 0.508 e. The van der Waals surface area contributed by atoms with Crippen LogP contribution in [0, 0.1) is 0 Å². The van der Waals surface area contributed by atoms with E-state index in [1.54, 1.807) is 0 Å². The number of aliphatic hydroxyl groups is 2. The van der Waals surface area contributed by atoms with Gasteiger partial charge in [-0.05, 0) is 35.4 Å². The molecule has 0 saturated carbocycles. The van der Waals surface area contributed by atoms with Gasteiger partial charge < -0.3 is 60.5 Å². The molecule has 0 bridgehead atoms. The third kappa shape index (κ3) is 4.24. The second-order valence-electron chi connectivity index (χ2n) is 10.3. The molecule has 2 heterocycles. The average Bonchev–Trinajstić information content (AvgIpc) is 2.93. The predicted molar refractivity (Wildman–Crippen MR) is 143 cm³/mol. The second kappa shape index (κ2) is 9.72. The van der Waals surface area contributed by atoms with Crippen LogP contribution >= 0.6 is 0 Å². The van der Waals surface area contributed by atoms with Crippen LogP contribution in [0.4, 0.5) is 0 Å². The van der Waals surface area contributed by atoms with E-state index in [9.17, 15) is 51.1 Å². The minimum Gasteiger partial charge on any atom is -0.508 e. The van der Waals surface area contributed by atoms with Gasteiger partial charge >= 0.3 is 0 Å². The van der Waals surface area contributed by atoms with Crippen LogP contribution < -0.4 is 9.47 Å². The van der Waals surface area contributed by atoms with Crippen molar-refractivity contribution in [1.29, 1.82) is 0 Å². The minimum absolute atomic E-state index is 0.0312. The number of aliphatic hydroxyl groups excluding tert-OH is 2. The summed E-state index contributed by atoms with van der Waals surface area (Å²) in [7, 11) is 0. The first-order valence-electron chi connectivity index (χ1n) is 12.8. The summed E-state index contributed by atoms with van der Waals surface area (Å²) in [6.45, 7) is 0. The van der Waals surface area contributed by atoms with Crippen LogP contribution in [0.15, 0.2) is 54.6 Å². The zero-order chi connectivity index (χ0) is 30.0. The quantitative estimate of drug-likeness (QED) is 0.159. The Morgan fingerprint density at radius 3 is 1.76 bits per heavy atom. The second-order valence-corrected chi connectivity index (χ2v) is 10.3. The first-order chi connectivity index (χ1) is 19.9. The minimum atomic E-state index is -1.59. The van der Waals surface area contributed by atoms with Crippen molar-refractivity contribution in [3.8, 4) is 57.5 Å². The third-order valence-corrected chi connectivity index (χ3v) is 7.67. The fraction of sp³-hybridized carbons (Fsp3) is 0.200. The standard InChI is InChI=1S/C30H26O12/c31-13-7-20(37)24-23(8-13)41-29(12-2-4-16(33)19(36)6-12)27(40)26(24)25-21(38)10-17(34)14-9-22(39)28(42-30(14)25)11-1-3-15(32)18(35)5-11/h1-8,10,22,26-29,31-40H,9H2/t22-,26?,27+,28+,29+/m0/s1. The number of fused-ring (bicyclic) bond motifs is 2. The molecule has 2 aliphatic rings. The van der Waals surface area contributed by atoms with Crippen LogP contribution in [0.1, 0.15) is 45.9 Å². The lowest BCUT2D eigenvalue weighted by molar-refractivity contribution is 0.00115. The summed E-state index contributed by atoms with van der Waals surface area (Å²) in [5.74, 6) is -5.08. The first kappa shape index (κ1) is 27.0. The molecule has 6 rings (SSSR count). The van der Waals surface area contributed by atoms with Crippen molar-refractivity contribution >= 4 is 0 Å². The molecule has 1 unspecified atom stereocenters. The molecule has 12 nitrogen and oxygen atoms in total. The van der Waals surface area contributed by atoms with Gasteiger partial charge in [0.25, 0.3) is 0 Å². The third-order valence-electron chi connectivity index (χ3n) is 7.67. The van der Waals surface area contributed by atoms with Crippen LogP contribution in [0.3, 0.4) is 0 Å².